The van der Waals surface area contributed by atoms with Crippen LogP contribution in [0.4, 0.5) is 11.6 Å². The molecule has 0 amide bonds. The average molecular weight is 327 g/mol. The van der Waals surface area contributed by atoms with Crippen molar-refractivity contribution < 1.29 is 9.47 Å². The molecule has 126 valence electrons. The SMILES string of the molecule is CC(c1ccc2c(c1)OCO2)N1CCN(c2ncc(N)cn2)CC1. The summed E-state index contributed by atoms with van der Waals surface area (Å²) in [6.45, 7) is 6.27. The van der Waals surface area contributed by atoms with Gasteiger partial charge in [-0.15, -0.1) is 0 Å². The van der Waals surface area contributed by atoms with Crippen LogP contribution >= 0.6 is 0 Å². The van der Waals surface area contributed by atoms with E-state index in [1.807, 2.05) is 6.07 Å². The van der Waals surface area contributed by atoms with Crippen LogP contribution in [0, 0.1) is 0 Å². The summed E-state index contributed by atoms with van der Waals surface area (Å²) in [5, 5.41) is 0. The largest absolute Gasteiger partial charge is 0.454 e. The minimum Gasteiger partial charge on any atom is -0.454 e. The summed E-state index contributed by atoms with van der Waals surface area (Å²) in [6, 6.07) is 6.52. The van der Waals surface area contributed by atoms with Crippen LogP contribution in [0.15, 0.2) is 30.6 Å². The number of fused-ring (bicyclic) bond motifs is 1. The molecule has 2 aliphatic heterocycles. The third-order valence-electron chi connectivity index (χ3n) is 4.68. The number of aromatic nitrogens is 2. The molecule has 3 heterocycles. The van der Waals surface area contributed by atoms with E-state index in [4.69, 9.17) is 15.2 Å². The zero-order valence-corrected chi connectivity index (χ0v) is 13.7. The number of nitrogen functional groups attached to an aromatic ring is 1. The third-order valence-corrected chi connectivity index (χ3v) is 4.68. The summed E-state index contributed by atoms with van der Waals surface area (Å²) in [5.74, 6) is 2.42. The zero-order chi connectivity index (χ0) is 16.5. The lowest BCUT2D eigenvalue weighted by atomic mass is 10.1. The van der Waals surface area contributed by atoms with Crippen molar-refractivity contribution in [3.63, 3.8) is 0 Å². The Morgan fingerprint density at radius 2 is 1.75 bits per heavy atom. The summed E-state index contributed by atoms with van der Waals surface area (Å²) in [5.41, 5.74) is 7.49. The van der Waals surface area contributed by atoms with Gasteiger partial charge in [-0.25, -0.2) is 9.97 Å². The van der Waals surface area contributed by atoms with Gasteiger partial charge in [0.05, 0.1) is 18.1 Å². The monoisotopic (exact) mass is 327 g/mol. The van der Waals surface area contributed by atoms with E-state index in [1.165, 1.54) is 5.56 Å². The van der Waals surface area contributed by atoms with Crippen molar-refractivity contribution in [1.29, 1.82) is 0 Å². The predicted octanol–water partition coefficient (Wildman–Crippen LogP) is 1.67. The van der Waals surface area contributed by atoms with E-state index in [9.17, 15) is 0 Å². The average Bonchev–Trinajstić information content (AvgIpc) is 3.09. The Kier molecular flexibility index (Phi) is 3.86. The third kappa shape index (κ3) is 2.82. The van der Waals surface area contributed by atoms with Crippen LogP contribution in [0.25, 0.3) is 0 Å². The first kappa shape index (κ1) is 15.0. The van der Waals surface area contributed by atoms with Gasteiger partial charge in [-0.1, -0.05) is 6.07 Å². The minimum absolute atomic E-state index is 0.313. The van der Waals surface area contributed by atoms with Gasteiger partial charge in [0.25, 0.3) is 0 Å². The van der Waals surface area contributed by atoms with E-state index in [0.29, 0.717) is 18.5 Å². The molecule has 1 aromatic carbocycles. The number of nitrogens with two attached hydrogens (primary N) is 1. The number of anilines is 2. The highest BCUT2D eigenvalue weighted by molar-refractivity contribution is 5.45. The van der Waals surface area contributed by atoms with Crippen LogP contribution in [0.3, 0.4) is 0 Å². The van der Waals surface area contributed by atoms with Gasteiger partial charge in [0.2, 0.25) is 12.7 Å². The smallest absolute Gasteiger partial charge is 0.231 e. The molecule has 2 aromatic rings. The van der Waals surface area contributed by atoms with Crippen molar-refractivity contribution >= 4 is 11.6 Å². The Balaban J connectivity index is 1.41. The van der Waals surface area contributed by atoms with Crippen LogP contribution in [0.2, 0.25) is 0 Å². The molecular weight excluding hydrogens is 306 g/mol. The molecule has 1 saturated heterocycles. The first-order chi connectivity index (χ1) is 11.7. The van der Waals surface area contributed by atoms with E-state index < -0.39 is 0 Å². The van der Waals surface area contributed by atoms with Gasteiger partial charge in [0.1, 0.15) is 0 Å². The van der Waals surface area contributed by atoms with Crippen molar-refractivity contribution in [2.75, 3.05) is 43.6 Å². The summed E-state index contributed by atoms with van der Waals surface area (Å²) < 4.78 is 10.9. The summed E-state index contributed by atoms with van der Waals surface area (Å²) in [6.07, 6.45) is 3.31. The fraction of sp³-hybridized carbons (Fsp3) is 0.412. The number of ether oxygens (including phenoxy) is 2. The lowest BCUT2D eigenvalue weighted by Gasteiger charge is -2.38. The van der Waals surface area contributed by atoms with Crippen molar-refractivity contribution in [3.05, 3.63) is 36.2 Å². The van der Waals surface area contributed by atoms with Gasteiger partial charge < -0.3 is 20.1 Å². The molecule has 0 spiro atoms. The molecule has 1 aromatic heterocycles. The minimum atomic E-state index is 0.313. The highest BCUT2D eigenvalue weighted by atomic mass is 16.7. The number of benzene rings is 1. The summed E-state index contributed by atoms with van der Waals surface area (Å²) >= 11 is 0. The second-order valence-corrected chi connectivity index (χ2v) is 6.13. The van der Waals surface area contributed by atoms with Crippen LogP contribution < -0.4 is 20.1 Å². The number of nitrogens with zero attached hydrogens (tertiary/aromatic N) is 4. The number of piperazine rings is 1. The Morgan fingerprint density at radius 1 is 1.04 bits per heavy atom. The van der Waals surface area contributed by atoms with Gasteiger partial charge in [0, 0.05) is 32.2 Å². The molecule has 2 aliphatic rings. The lowest BCUT2D eigenvalue weighted by Crippen LogP contribution is -2.47. The zero-order valence-electron chi connectivity index (χ0n) is 13.7. The fourth-order valence-corrected chi connectivity index (χ4v) is 3.19. The molecule has 0 radical (unpaired) electrons. The second kappa shape index (κ2) is 6.16. The molecule has 1 atom stereocenters. The van der Waals surface area contributed by atoms with E-state index in [0.717, 1.165) is 43.6 Å². The molecule has 0 aliphatic carbocycles. The predicted molar refractivity (Wildman–Crippen MR) is 91.2 cm³/mol. The first-order valence-corrected chi connectivity index (χ1v) is 8.17. The number of hydrogen-bond acceptors (Lipinski definition) is 7. The molecule has 0 saturated carbocycles. The standard InChI is InChI=1S/C17H21N5O2/c1-12(13-2-3-15-16(8-13)24-11-23-15)21-4-6-22(7-5-21)17-19-9-14(18)10-20-17/h2-3,8-10,12H,4-7,11,18H2,1H3. The van der Waals surface area contributed by atoms with E-state index in [-0.39, 0.29) is 0 Å². The first-order valence-electron chi connectivity index (χ1n) is 8.17. The number of hydrogen-bond donors (Lipinski definition) is 1. The lowest BCUT2D eigenvalue weighted by molar-refractivity contribution is 0.173. The van der Waals surface area contributed by atoms with Crippen LogP contribution in [-0.2, 0) is 0 Å². The molecule has 0 bridgehead atoms. The molecular formula is C17H21N5O2. The van der Waals surface area contributed by atoms with Crippen molar-refractivity contribution in [2.24, 2.45) is 0 Å². The maximum atomic E-state index is 5.65. The fourth-order valence-electron chi connectivity index (χ4n) is 3.19. The summed E-state index contributed by atoms with van der Waals surface area (Å²) in [4.78, 5) is 13.3. The molecule has 24 heavy (non-hydrogen) atoms. The van der Waals surface area contributed by atoms with Gasteiger partial charge in [-0.05, 0) is 24.6 Å². The molecule has 2 N–H and O–H groups in total. The van der Waals surface area contributed by atoms with Gasteiger partial charge in [0.15, 0.2) is 11.5 Å². The molecule has 4 rings (SSSR count). The second-order valence-electron chi connectivity index (χ2n) is 6.13. The highest BCUT2D eigenvalue weighted by Crippen LogP contribution is 2.35. The van der Waals surface area contributed by atoms with Crippen LogP contribution in [0.1, 0.15) is 18.5 Å². The van der Waals surface area contributed by atoms with Crippen molar-refractivity contribution in [2.45, 2.75) is 13.0 Å². The van der Waals surface area contributed by atoms with Gasteiger partial charge in [-0.2, -0.15) is 0 Å². The van der Waals surface area contributed by atoms with Crippen molar-refractivity contribution in [1.82, 2.24) is 14.9 Å². The van der Waals surface area contributed by atoms with Gasteiger partial charge >= 0.3 is 0 Å². The quantitative estimate of drug-likeness (QED) is 0.919. The van der Waals surface area contributed by atoms with Crippen LogP contribution in [0.5, 0.6) is 11.5 Å². The molecule has 1 unspecified atom stereocenters. The van der Waals surface area contributed by atoms with Crippen LogP contribution in [-0.4, -0.2) is 47.8 Å². The Labute approximate surface area is 141 Å². The Bertz CT molecular complexity index is 713. The van der Waals surface area contributed by atoms with E-state index in [1.54, 1.807) is 12.4 Å². The normalized spacial score (nSPS) is 18.6. The highest BCUT2D eigenvalue weighted by Gasteiger charge is 2.24. The molecule has 7 nitrogen and oxygen atoms in total. The maximum absolute atomic E-state index is 5.65. The Hall–Kier alpha value is -2.54. The van der Waals surface area contributed by atoms with E-state index in [2.05, 4.69) is 38.8 Å². The topological polar surface area (TPSA) is 76.7 Å². The van der Waals surface area contributed by atoms with E-state index >= 15 is 0 Å². The number of rotatable bonds is 3. The molecule has 7 heteroatoms. The maximum Gasteiger partial charge on any atom is 0.231 e. The summed E-state index contributed by atoms with van der Waals surface area (Å²) in [7, 11) is 0. The van der Waals surface area contributed by atoms with Gasteiger partial charge in [-0.3, -0.25) is 4.90 Å². The van der Waals surface area contributed by atoms with Crippen molar-refractivity contribution in [3.8, 4) is 11.5 Å². The Morgan fingerprint density at radius 3 is 2.50 bits per heavy atom. The molecule has 1 fully saturated rings.